The summed E-state index contributed by atoms with van der Waals surface area (Å²) in [5, 5.41) is 1.21. The highest BCUT2D eigenvalue weighted by Crippen LogP contribution is 2.39. The van der Waals surface area contributed by atoms with Gasteiger partial charge in [-0.2, -0.15) is 0 Å². The van der Waals surface area contributed by atoms with Gasteiger partial charge in [-0.05, 0) is 43.5 Å². The molecule has 1 aromatic carbocycles. The van der Waals surface area contributed by atoms with Crippen molar-refractivity contribution in [2.24, 2.45) is 0 Å². The van der Waals surface area contributed by atoms with Crippen LogP contribution in [-0.4, -0.2) is 23.5 Å². The van der Waals surface area contributed by atoms with E-state index in [1.54, 1.807) is 0 Å². The van der Waals surface area contributed by atoms with Crippen LogP contribution < -0.4 is 0 Å². The molecule has 2 bridgehead atoms. The van der Waals surface area contributed by atoms with Crippen molar-refractivity contribution >= 4 is 16.5 Å². The molecule has 0 aliphatic carbocycles. The Morgan fingerprint density at radius 1 is 1.26 bits per heavy atom. The summed E-state index contributed by atoms with van der Waals surface area (Å²) in [7, 11) is 0. The van der Waals surface area contributed by atoms with Gasteiger partial charge in [0.15, 0.2) is 0 Å². The smallest absolute Gasteiger partial charge is 0.134 e. The van der Waals surface area contributed by atoms with E-state index >= 15 is 0 Å². The molecule has 2 aliphatic rings. The van der Waals surface area contributed by atoms with Crippen LogP contribution in [0.15, 0.2) is 40.8 Å². The first kappa shape index (κ1) is 11.3. The van der Waals surface area contributed by atoms with Crippen LogP contribution in [0, 0.1) is 0 Å². The zero-order chi connectivity index (χ0) is 12.8. The van der Waals surface area contributed by atoms with Crippen molar-refractivity contribution in [1.82, 2.24) is 4.90 Å². The molecule has 2 unspecified atom stereocenters. The average molecular weight is 253 g/mol. The fraction of sp³-hybridized carbons (Fsp3) is 0.412. The minimum absolute atomic E-state index is 0.631. The van der Waals surface area contributed by atoms with Gasteiger partial charge < -0.3 is 4.42 Å². The zero-order valence-corrected chi connectivity index (χ0v) is 11.3. The number of hydrogen-bond acceptors (Lipinski definition) is 2. The van der Waals surface area contributed by atoms with Crippen LogP contribution in [0.2, 0.25) is 0 Å². The van der Waals surface area contributed by atoms with E-state index in [0.717, 1.165) is 23.8 Å². The van der Waals surface area contributed by atoms with E-state index in [9.17, 15) is 0 Å². The van der Waals surface area contributed by atoms with Crippen molar-refractivity contribution in [3.8, 4) is 0 Å². The molecular weight excluding hydrogens is 234 g/mol. The number of nitrogens with zero attached hydrogens (tertiary/aromatic N) is 1. The van der Waals surface area contributed by atoms with Crippen LogP contribution in [0.3, 0.4) is 0 Å². The maximum Gasteiger partial charge on any atom is 0.134 e. The Kier molecular flexibility index (Phi) is 2.52. The Morgan fingerprint density at radius 3 is 2.95 bits per heavy atom. The first-order valence-corrected chi connectivity index (χ1v) is 7.30. The Balaban J connectivity index is 1.73. The molecule has 0 radical (unpaired) electrons. The van der Waals surface area contributed by atoms with Crippen molar-refractivity contribution in [2.45, 2.75) is 38.3 Å². The molecule has 2 aromatic rings. The summed E-state index contributed by atoms with van der Waals surface area (Å²) in [6.07, 6.45) is 6.22. The van der Waals surface area contributed by atoms with E-state index in [1.807, 2.05) is 6.07 Å². The van der Waals surface area contributed by atoms with E-state index in [0.29, 0.717) is 6.04 Å². The van der Waals surface area contributed by atoms with Crippen molar-refractivity contribution in [3.05, 3.63) is 42.2 Å². The number of para-hydroxylation sites is 1. The SMILES string of the molecule is CCN1C2C=C(c3cc4ccccc4o3)CC1CC2. The number of benzene rings is 1. The number of likely N-dealkylation sites (N-methyl/N-ethyl adjacent to an activating group) is 1. The summed E-state index contributed by atoms with van der Waals surface area (Å²) in [4.78, 5) is 2.63. The second-order valence-corrected chi connectivity index (χ2v) is 5.67. The van der Waals surface area contributed by atoms with Crippen LogP contribution >= 0.6 is 0 Å². The van der Waals surface area contributed by atoms with Gasteiger partial charge in [-0.3, -0.25) is 4.90 Å². The first-order chi connectivity index (χ1) is 9.35. The van der Waals surface area contributed by atoms with Crippen molar-refractivity contribution in [1.29, 1.82) is 0 Å². The predicted octanol–water partition coefficient (Wildman–Crippen LogP) is 4.07. The Hall–Kier alpha value is -1.54. The molecule has 4 rings (SSSR count). The van der Waals surface area contributed by atoms with E-state index in [1.165, 1.54) is 30.3 Å². The number of furan rings is 1. The molecular formula is C17H19NO. The fourth-order valence-corrected chi connectivity index (χ4v) is 3.73. The second-order valence-electron chi connectivity index (χ2n) is 5.67. The van der Waals surface area contributed by atoms with Crippen molar-refractivity contribution in [3.63, 3.8) is 0 Å². The lowest BCUT2D eigenvalue weighted by Crippen LogP contribution is -2.37. The Bertz CT molecular complexity index is 607. The number of fused-ring (bicyclic) bond motifs is 3. The number of rotatable bonds is 2. The van der Waals surface area contributed by atoms with Crippen molar-refractivity contribution in [2.75, 3.05) is 6.54 Å². The highest BCUT2D eigenvalue weighted by molar-refractivity contribution is 5.82. The quantitative estimate of drug-likeness (QED) is 0.802. The van der Waals surface area contributed by atoms with Crippen LogP contribution in [0.5, 0.6) is 0 Å². The van der Waals surface area contributed by atoms with Gasteiger partial charge in [0.2, 0.25) is 0 Å². The molecule has 2 nitrogen and oxygen atoms in total. The lowest BCUT2D eigenvalue weighted by atomic mass is 9.99. The molecule has 1 fully saturated rings. The molecule has 0 saturated carbocycles. The van der Waals surface area contributed by atoms with Gasteiger partial charge in [0.1, 0.15) is 11.3 Å². The van der Waals surface area contributed by atoms with Gasteiger partial charge in [-0.1, -0.05) is 31.2 Å². The van der Waals surface area contributed by atoms with Gasteiger partial charge in [0.25, 0.3) is 0 Å². The highest BCUT2D eigenvalue weighted by Gasteiger charge is 2.36. The van der Waals surface area contributed by atoms with Gasteiger partial charge in [-0.25, -0.2) is 0 Å². The summed E-state index contributed by atoms with van der Waals surface area (Å²) in [5.74, 6) is 1.08. The van der Waals surface area contributed by atoms with E-state index in [2.05, 4.69) is 42.2 Å². The summed E-state index contributed by atoms with van der Waals surface area (Å²) in [5.41, 5.74) is 2.41. The second kappa shape index (κ2) is 4.24. The molecule has 2 atom stereocenters. The summed E-state index contributed by atoms with van der Waals surface area (Å²) in [6.45, 7) is 3.44. The van der Waals surface area contributed by atoms with E-state index in [4.69, 9.17) is 4.42 Å². The van der Waals surface area contributed by atoms with Crippen LogP contribution in [0.1, 0.15) is 31.9 Å². The van der Waals surface area contributed by atoms with E-state index in [-0.39, 0.29) is 0 Å². The Labute approximate surface area is 113 Å². The topological polar surface area (TPSA) is 16.4 Å². The molecule has 1 aromatic heterocycles. The third-order valence-corrected chi connectivity index (χ3v) is 4.65. The molecule has 19 heavy (non-hydrogen) atoms. The fourth-order valence-electron chi connectivity index (χ4n) is 3.73. The maximum atomic E-state index is 6.01. The summed E-state index contributed by atoms with van der Waals surface area (Å²) in [6, 6.07) is 11.8. The van der Waals surface area contributed by atoms with Gasteiger partial charge >= 0.3 is 0 Å². The molecule has 3 heterocycles. The lowest BCUT2D eigenvalue weighted by molar-refractivity contribution is 0.223. The molecule has 2 heteroatoms. The van der Waals surface area contributed by atoms with Crippen molar-refractivity contribution < 1.29 is 4.42 Å². The van der Waals surface area contributed by atoms with Crippen LogP contribution in [0.4, 0.5) is 0 Å². The predicted molar refractivity (Wildman–Crippen MR) is 78.0 cm³/mol. The minimum atomic E-state index is 0.631. The molecule has 0 N–H and O–H groups in total. The van der Waals surface area contributed by atoms with Crippen LogP contribution in [0.25, 0.3) is 16.5 Å². The third-order valence-electron chi connectivity index (χ3n) is 4.65. The van der Waals surface area contributed by atoms with Crippen LogP contribution in [-0.2, 0) is 0 Å². The largest absolute Gasteiger partial charge is 0.456 e. The zero-order valence-electron chi connectivity index (χ0n) is 11.3. The number of hydrogen-bond donors (Lipinski definition) is 0. The molecule has 0 amide bonds. The van der Waals surface area contributed by atoms with E-state index < -0.39 is 0 Å². The third kappa shape index (κ3) is 1.74. The molecule has 98 valence electrons. The molecule has 1 saturated heterocycles. The summed E-state index contributed by atoms with van der Waals surface area (Å²) >= 11 is 0. The average Bonchev–Trinajstić information content (AvgIpc) is 2.97. The normalized spacial score (nSPS) is 26.9. The monoisotopic (exact) mass is 253 g/mol. The molecule has 0 spiro atoms. The Morgan fingerprint density at radius 2 is 2.16 bits per heavy atom. The van der Waals surface area contributed by atoms with Gasteiger partial charge in [-0.15, -0.1) is 0 Å². The van der Waals surface area contributed by atoms with Gasteiger partial charge in [0, 0.05) is 17.5 Å². The first-order valence-electron chi connectivity index (χ1n) is 7.30. The minimum Gasteiger partial charge on any atom is -0.456 e. The standard InChI is InChI=1S/C17H19NO/c1-2-18-14-7-8-15(18)10-13(9-14)17-11-12-5-3-4-6-16(12)19-17/h3-6,9,11,14-15H,2,7-8,10H2,1H3. The summed E-state index contributed by atoms with van der Waals surface area (Å²) < 4.78 is 6.01. The van der Waals surface area contributed by atoms with Gasteiger partial charge in [0.05, 0.1) is 0 Å². The maximum absolute atomic E-state index is 6.01. The molecule has 2 aliphatic heterocycles. The lowest BCUT2D eigenvalue weighted by Gasteiger charge is -2.32. The highest BCUT2D eigenvalue weighted by atomic mass is 16.3.